The number of carbonyl (C=O) groups is 1. The van der Waals surface area contributed by atoms with Gasteiger partial charge in [-0.2, -0.15) is 0 Å². The minimum atomic E-state index is -0.202. The number of ketones is 1. The Hall–Kier alpha value is -2.56. The number of Topliss-reactive ketones (excluding diaryl/α,β-unsaturated/α-hetero) is 1. The average molecular weight is 422 g/mol. The van der Waals surface area contributed by atoms with Gasteiger partial charge in [-0.1, -0.05) is 26.7 Å². The Balaban J connectivity index is 1.62. The molecule has 0 N–H and O–H groups in total. The van der Waals surface area contributed by atoms with Crippen molar-refractivity contribution in [3.05, 3.63) is 45.2 Å². The highest BCUT2D eigenvalue weighted by molar-refractivity contribution is 5.94. The molecule has 3 aliphatic rings. The molecule has 2 aromatic rings. The molecule has 164 valence electrons. The van der Waals surface area contributed by atoms with Crippen LogP contribution in [0.25, 0.3) is 11.3 Å². The number of rotatable bonds is 7. The molecule has 31 heavy (non-hydrogen) atoms. The van der Waals surface area contributed by atoms with E-state index in [9.17, 15) is 9.59 Å². The highest BCUT2D eigenvalue weighted by Gasteiger charge is 2.33. The lowest BCUT2D eigenvalue weighted by Gasteiger charge is -2.33. The molecule has 2 aliphatic heterocycles. The number of hydrogen-bond acceptors (Lipinski definition) is 4. The second-order valence-electron chi connectivity index (χ2n) is 9.78. The van der Waals surface area contributed by atoms with E-state index >= 15 is 0 Å². The van der Waals surface area contributed by atoms with E-state index in [4.69, 9.17) is 9.47 Å². The molecule has 5 nitrogen and oxygen atoms in total. The molecular weight excluding hydrogens is 390 g/mol. The summed E-state index contributed by atoms with van der Waals surface area (Å²) in [5, 5.41) is 0. The van der Waals surface area contributed by atoms with Crippen LogP contribution in [0.4, 0.5) is 0 Å². The molecule has 1 saturated carbocycles. The number of ether oxygens (including phenoxy) is 2. The van der Waals surface area contributed by atoms with Gasteiger partial charge < -0.3 is 14.0 Å². The molecule has 1 atom stereocenters. The first-order valence-electron chi connectivity index (χ1n) is 11.6. The Bertz CT molecular complexity index is 1090. The Labute approximate surface area is 183 Å². The molecular formula is C26H31NO4. The number of hydrogen-bond donors (Lipinski definition) is 0. The highest BCUT2D eigenvalue weighted by atomic mass is 16.5. The quantitative estimate of drug-likeness (QED) is 0.592. The average Bonchev–Trinajstić information content (AvgIpc) is 3.40. The molecule has 0 radical (unpaired) electrons. The van der Waals surface area contributed by atoms with E-state index in [0.29, 0.717) is 12.5 Å². The minimum absolute atomic E-state index is 0.178. The second-order valence-corrected chi connectivity index (χ2v) is 9.78. The van der Waals surface area contributed by atoms with Crippen LogP contribution in [0.15, 0.2) is 23.1 Å². The maximum Gasteiger partial charge on any atom is 0.192 e. The molecule has 1 aliphatic carbocycles. The molecule has 1 unspecified atom stereocenters. The van der Waals surface area contributed by atoms with Crippen molar-refractivity contribution in [2.24, 2.45) is 11.8 Å². The summed E-state index contributed by atoms with van der Waals surface area (Å²) in [6, 6.07) is 4.02. The normalized spacial score (nSPS) is 18.9. The van der Waals surface area contributed by atoms with Gasteiger partial charge in [0, 0.05) is 35.9 Å². The van der Waals surface area contributed by atoms with Crippen LogP contribution >= 0.6 is 0 Å². The SMILES string of the molecule is CC(=O)c1cn2c(cc1=O)-c1c(cc(OCCC3CC3)c3c1CCO3)CC2CC(C)C. The van der Waals surface area contributed by atoms with Gasteiger partial charge in [-0.15, -0.1) is 0 Å². The fourth-order valence-electron chi connectivity index (χ4n) is 5.14. The largest absolute Gasteiger partial charge is 0.490 e. The fraction of sp³-hybridized carbons (Fsp3) is 0.538. The van der Waals surface area contributed by atoms with Crippen molar-refractivity contribution in [1.82, 2.24) is 4.57 Å². The zero-order valence-electron chi connectivity index (χ0n) is 18.7. The Morgan fingerprint density at radius 2 is 2.10 bits per heavy atom. The highest BCUT2D eigenvalue weighted by Crippen LogP contribution is 2.48. The second kappa shape index (κ2) is 7.85. The molecule has 1 fully saturated rings. The molecule has 3 heterocycles. The van der Waals surface area contributed by atoms with Gasteiger partial charge in [0.1, 0.15) is 0 Å². The Kier molecular flexibility index (Phi) is 5.15. The molecule has 0 bridgehead atoms. The predicted octanol–water partition coefficient (Wildman–Crippen LogP) is 4.98. The number of nitrogens with zero attached hydrogens (tertiary/aromatic N) is 1. The third-order valence-electron chi connectivity index (χ3n) is 6.81. The number of pyridine rings is 1. The summed E-state index contributed by atoms with van der Waals surface area (Å²) < 4.78 is 14.4. The van der Waals surface area contributed by atoms with Crippen LogP contribution in [0.2, 0.25) is 0 Å². The van der Waals surface area contributed by atoms with E-state index in [-0.39, 0.29) is 22.8 Å². The van der Waals surface area contributed by atoms with Gasteiger partial charge in [0.15, 0.2) is 22.7 Å². The summed E-state index contributed by atoms with van der Waals surface area (Å²) in [4.78, 5) is 24.8. The fourth-order valence-corrected chi connectivity index (χ4v) is 5.14. The third kappa shape index (κ3) is 3.79. The number of benzene rings is 1. The first-order chi connectivity index (χ1) is 14.9. The molecule has 0 spiro atoms. The maximum atomic E-state index is 12.8. The topological polar surface area (TPSA) is 57.5 Å². The lowest BCUT2D eigenvalue weighted by atomic mass is 9.85. The minimum Gasteiger partial charge on any atom is -0.490 e. The molecule has 5 heteroatoms. The van der Waals surface area contributed by atoms with Gasteiger partial charge in [0.25, 0.3) is 0 Å². The van der Waals surface area contributed by atoms with Gasteiger partial charge >= 0.3 is 0 Å². The van der Waals surface area contributed by atoms with Gasteiger partial charge in [0.2, 0.25) is 0 Å². The van der Waals surface area contributed by atoms with E-state index in [1.807, 2.05) is 0 Å². The zero-order valence-corrected chi connectivity index (χ0v) is 18.7. The number of aromatic nitrogens is 1. The third-order valence-corrected chi connectivity index (χ3v) is 6.81. The summed E-state index contributed by atoms with van der Waals surface area (Å²) in [6.07, 6.45) is 8.21. The number of fused-ring (bicyclic) bond motifs is 5. The van der Waals surface area contributed by atoms with Crippen molar-refractivity contribution in [2.75, 3.05) is 13.2 Å². The van der Waals surface area contributed by atoms with Crippen LogP contribution < -0.4 is 14.9 Å². The molecule has 0 saturated heterocycles. The molecule has 5 rings (SSSR count). The number of carbonyl (C=O) groups excluding carboxylic acids is 1. The van der Waals surface area contributed by atoms with E-state index in [2.05, 4.69) is 24.5 Å². The van der Waals surface area contributed by atoms with E-state index < -0.39 is 0 Å². The van der Waals surface area contributed by atoms with Crippen molar-refractivity contribution in [3.8, 4) is 22.8 Å². The summed E-state index contributed by atoms with van der Waals surface area (Å²) in [6.45, 7) is 7.26. The summed E-state index contributed by atoms with van der Waals surface area (Å²) in [7, 11) is 0. The van der Waals surface area contributed by atoms with Gasteiger partial charge in [-0.25, -0.2) is 0 Å². The van der Waals surface area contributed by atoms with Crippen molar-refractivity contribution in [3.63, 3.8) is 0 Å². The van der Waals surface area contributed by atoms with Crippen molar-refractivity contribution >= 4 is 5.78 Å². The summed E-state index contributed by atoms with van der Waals surface area (Å²) in [5.74, 6) is 2.85. The Morgan fingerprint density at radius 3 is 2.81 bits per heavy atom. The van der Waals surface area contributed by atoms with Gasteiger partial charge in [-0.05, 0) is 49.7 Å². The van der Waals surface area contributed by atoms with Crippen LogP contribution in [0.3, 0.4) is 0 Å². The van der Waals surface area contributed by atoms with Gasteiger partial charge in [0.05, 0.1) is 24.5 Å². The predicted molar refractivity (Wildman–Crippen MR) is 120 cm³/mol. The first kappa shape index (κ1) is 20.3. The van der Waals surface area contributed by atoms with Gasteiger partial charge in [-0.3, -0.25) is 9.59 Å². The lowest BCUT2D eigenvalue weighted by Crippen LogP contribution is -2.26. The van der Waals surface area contributed by atoms with E-state index in [0.717, 1.165) is 66.5 Å². The summed E-state index contributed by atoms with van der Waals surface area (Å²) in [5.41, 5.74) is 4.46. The van der Waals surface area contributed by atoms with Crippen LogP contribution in [0.1, 0.15) is 74.0 Å². The zero-order chi connectivity index (χ0) is 21.7. The van der Waals surface area contributed by atoms with Crippen LogP contribution in [0.5, 0.6) is 11.5 Å². The van der Waals surface area contributed by atoms with Crippen molar-refractivity contribution < 1.29 is 14.3 Å². The maximum absolute atomic E-state index is 12.8. The van der Waals surface area contributed by atoms with E-state index in [1.165, 1.54) is 25.3 Å². The van der Waals surface area contributed by atoms with Crippen LogP contribution in [-0.4, -0.2) is 23.6 Å². The first-order valence-corrected chi connectivity index (χ1v) is 11.6. The van der Waals surface area contributed by atoms with Crippen molar-refractivity contribution in [2.45, 2.75) is 65.3 Å². The Morgan fingerprint density at radius 1 is 1.29 bits per heavy atom. The molecule has 0 amide bonds. The van der Waals surface area contributed by atoms with Crippen molar-refractivity contribution in [1.29, 1.82) is 0 Å². The molecule has 1 aromatic carbocycles. The van der Waals surface area contributed by atoms with Crippen LogP contribution in [0, 0.1) is 11.8 Å². The monoisotopic (exact) mass is 421 g/mol. The summed E-state index contributed by atoms with van der Waals surface area (Å²) >= 11 is 0. The van der Waals surface area contributed by atoms with E-state index in [1.54, 1.807) is 12.3 Å². The molecule has 1 aromatic heterocycles. The lowest BCUT2D eigenvalue weighted by molar-refractivity contribution is 0.101. The standard InChI is InChI=1S/C26H31NO4/c1-15(2)10-19-11-18-12-24(30-8-6-17-4-5-17)26-20(7-9-31-26)25(18)22-13-23(29)21(16(3)28)14-27(19)22/h12-15,17,19H,4-11H2,1-3H3. The van der Waals surface area contributed by atoms with Crippen LogP contribution in [-0.2, 0) is 12.8 Å². The smallest absolute Gasteiger partial charge is 0.192 e.